The van der Waals surface area contributed by atoms with Gasteiger partial charge in [-0.3, -0.25) is 4.79 Å². The lowest BCUT2D eigenvalue weighted by Gasteiger charge is -2.41. The summed E-state index contributed by atoms with van der Waals surface area (Å²) in [6, 6.07) is 5.80. The molecule has 1 saturated carbocycles. The molecule has 0 radical (unpaired) electrons. The lowest BCUT2D eigenvalue weighted by Crippen LogP contribution is -2.35. The van der Waals surface area contributed by atoms with Crippen molar-refractivity contribution in [2.24, 2.45) is 23.7 Å². The minimum absolute atomic E-state index is 0.127. The molecule has 0 aromatic heterocycles. The van der Waals surface area contributed by atoms with E-state index in [-0.39, 0.29) is 11.8 Å². The van der Waals surface area contributed by atoms with Gasteiger partial charge in [-0.25, -0.2) is 0 Å². The van der Waals surface area contributed by atoms with Crippen LogP contribution in [0.15, 0.2) is 41.5 Å². The number of halogens is 3. The van der Waals surface area contributed by atoms with Crippen molar-refractivity contribution in [2.45, 2.75) is 25.2 Å². The lowest BCUT2D eigenvalue weighted by molar-refractivity contribution is -0.124. The van der Waals surface area contributed by atoms with Gasteiger partial charge in [-0.2, -0.15) is 0 Å². The number of nitrogens with one attached hydrogen (secondary N) is 1. The number of fused-ring (bicyclic) bond motifs is 1. The highest BCUT2D eigenvalue weighted by Gasteiger charge is 2.46. The Balaban J connectivity index is 1.68. The standard InChI is InChI=1S/C20H20Cl3NO/c21-13-3-1-11(2-4-13)16-9-17-12(10-24-20(17)25)7-18(16)15-6-5-14(22)8-19(15)23/h1,3-6,8,11-12,16-18H,2,7,9-10H2,(H,24,25)/t11?,12-,16-,17-,18+/m1/s1. The van der Waals surface area contributed by atoms with Crippen LogP contribution in [0, 0.1) is 23.7 Å². The van der Waals surface area contributed by atoms with Crippen molar-refractivity contribution in [2.75, 3.05) is 6.54 Å². The fraction of sp³-hybridized carbons (Fsp3) is 0.450. The molecule has 25 heavy (non-hydrogen) atoms. The molecule has 1 aliphatic heterocycles. The molecule has 1 unspecified atom stereocenters. The molecule has 2 aliphatic carbocycles. The predicted octanol–water partition coefficient (Wildman–Crippen LogP) is 5.55. The van der Waals surface area contributed by atoms with E-state index in [9.17, 15) is 4.79 Å². The van der Waals surface area contributed by atoms with Crippen LogP contribution < -0.4 is 5.32 Å². The van der Waals surface area contributed by atoms with Gasteiger partial charge in [0.25, 0.3) is 0 Å². The number of carbonyl (C=O) groups excluding carboxylic acids is 1. The molecule has 0 bridgehead atoms. The van der Waals surface area contributed by atoms with Crippen LogP contribution >= 0.6 is 34.8 Å². The first-order valence-corrected chi connectivity index (χ1v) is 9.93. The summed E-state index contributed by atoms with van der Waals surface area (Å²) in [5.41, 5.74) is 1.16. The second-order valence-electron chi connectivity index (χ2n) is 7.37. The van der Waals surface area contributed by atoms with Gasteiger partial charge in [-0.05, 0) is 66.7 Å². The third-order valence-corrected chi connectivity index (χ3v) is 6.89. The van der Waals surface area contributed by atoms with Crippen LogP contribution in [-0.2, 0) is 4.79 Å². The zero-order valence-electron chi connectivity index (χ0n) is 13.7. The first kappa shape index (κ1) is 17.5. The predicted molar refractivity (Wildman–Crippen MR) is 103 cm³/mol. The topological polar surface area (TPSA) is 29.1 Å². The molecular weight excluding hydrogens is 377 g/mol. The molecule has 5 heteroatoms. The van der Waals surface area contributed by atoms with Crippen LogP contribution in [0.5, 0.6) is 0 Å². The molecule has 4 rings (SSSR count). The maximum Gasteiger partial charge on any atom is 0.223 e. The average molecular weight is 397 g/mol. The molecule has 1 amide bonds. The summed E-state index contributed by atoms with van der Waals surface area (Å²) in [7, 11) is 0. The first-order chi connectivity index (χ1) is 12.0. The highest BCUT2D eigenvalue weighted by Crippen LogP contribution is 2.51. The summed E-state index contributed by atoms with van der Waals surface area (Å²) in [5, 5.41) is 5.22. The molecule has 1 N–H and O–H groups in total. The van der Waals surface area contributed by atoms with E-state index in [1.165, 1.54) is 0 Å². The fourth-order valence-electron chi connectivity index (χ4n) is 4.79. The number of allylic oxidation sites excluding steroid dienone is 4. The Hall–Kier alpha value is -0.960. The van der Waals surface area contributed by atoms with E-state index < -0.39 is 0 Å². The van der Waals surface area contributed by atoms with Gasteiger partial charge in [-0.1, -0.05) is 53.0 Å². The van der Waals surface area contributed by atoms with Gasteiger partial charge in [-0.15, -0.1) is 0 Å². The van der Waals surface area contributed by atoms with E-state index in [1.54, 1.807) is 0 Å². The van der Waals surface area contributed by atoms with Crippen molar-refractivity contribution in [3.8, 4) is 0 Å². The van der Waals surface area contributed by atoms with Crippen LogP contribution in [0.2, 0.25) is 10.0 Å². The Kier molecular flexibility index (Phi) is 4.87. The van der Waals surface area contributed by atoms with Crippen molar-refractivity contribution < 1.29 is 4.79 Å². The number of hydrogen-bond donors (Lipinski definition) is 1. The summed E-state index contributed by atoms with van der Waals surface area (Å²) in [4.78, 5) is 12.2. The number of rotatable bonds is 2. The van der Waals surface area contributed by atoms with Gasteiger partial charge in [0.05, 0.1) is 0 Å². The summed E-state index contributed by atoms with van der Waals surface area (Å²) < 4.78 is 0. The van der Waals surface area contributed by atoms with E-state index in [4.69, 9.17) is 34.8 Å². The number of hydrogen-bond acceptors (Lipinski definition) is 1. The van der Waals surface area contributed by atoms with Crippen LogP contribution in [0.4, 0.5) is 0 Å². The van der Waals surface area contributed by atoms with Crippen molar-refractivity contribution in [3.63, 3.8) is 0 Å². The third-order valence-electron chi connectivity index (χ3n) is 6.04. The van der Waals surface area contributed by atoms with E-state index >= 15 is 0 Å². The average Bonchev–Trinajstić information content (AvgIpc) is 2.95. The Bertz CT molecular complexity index is 757. The molecule has 2 nitrogen and oxygen atoms in total. The largest absolute Gasteiger partial charge is 0.356 e. The van der Waals surface area contributed by atoms with Crippen LogP contribution in [-0.4, -0.2) is 12.5 Å². The monoisotopic (exact) mass is 395 g/mol. The fourth-order valence-corrected chi connectivity index (χ4v) is 5.50. The lowest BCUT2D eigenvalue weighted by atomic mass is 9.62. The minimum atomic E-state index is 0.127. The second-order valence-corrected chi connectivity index (χ2v) is 8.65. The minimum Gasteiger partial charge on any atom is -0.356 e. The molecule has 1 saturated heterocycles. The third kappa shape index (κ3) is 3.37. The van der Waals surface area contributed by atoms with E-state index in [0.717, 1.165) is 41.4 Å². The highest BCUT2D eigenvalue weighted by atomic mass is 35.5. The van der Waals surface area contributed by atoms with Crippen molar-refractivity contribution in [1.82, 2.24) is 5.32 Å². The van der Waals surface area contributed by atoms with Crippen molar-refractivity contribution >= 4 is 40.7 Å². The van der Waals surface area contributed by atoms with Gasteiger partial charge in [0.1, 0.15) is 0 Å². The number of amides is 1. The van der Waals surface area contributed by atoms with Gasteiger partial charge in [0.15, 0.2) is 0 Å². The number of benzene rings is 1. The second kappa shape index (κ2) is 6.98. The highest BCUT2D eigenvalue weighted by molar-refractivity contribution is 6.35. The first-order valence-electron chi connectivity index (χ1n) is 8.79. The molecule has 1 aromatic rings. The van der Waals surface area contributed by atoms with Gasteiger partial charge < -0.3 is 5.32 Å². The van der Waals surface area contributed by atoms with Crippen LogP contribution in [0.25, 0.3) is 0 Å². The Morgan fingerprint density at radius 2 is 1.92 bits per heavy atom. The molecule has 3 aliphatic rings. The number of carbonyl (C=O) groups is 1. The smallest absolute Gasteiger partial charge is 0.223 e. The zero-order chi connectivity index (χ0) is 17.6. The Morgan fingerprint density at radius 3 is 2.64 bits per heavy atom. The quantitative estimate of drug-likeness (QED) is 0.698. The molecule has 132 valence electrons. The molecule has 1 aromatic carbocycles. The maximum absolute atomic E-state index is 12.2. The molecule has 2 fully saturated rings. The summed E-state index contributed by atoms with van der Waals surface area (Å²) >= 11 is 18.7. The van der Waals surface area contributed by atoms with Crippen molar-refractivity contribution in [1.29, 1.82) is 0 Å². The van der Waals surface area contributed by atoms with E-state index in [1.807, 2.05) is 18.2 Å². The Labute approximate surface area is 163 Å². The normalized spacial score (nSPS) is 34.4. The summed E-state index contributed by atoms with van der Waals surface area (Å²) in [6.07, 6.45) is 9.07. The van der Waals surface area contributed by atoms with Crippen LogP contribution in [0.1, 0.15) is 30.7 Å². The summed E-state index contributed by atoms with van der Waals surface area (Å²) in [5.74, 6) is 1.83. The molecule has 0 spiro atoms. The van der Waals surface area contributed by atoms with E-state index in [0.29, 0.717) is 28.7 Å². The summed E-state index contributed by atoms with van der Waals surface area (Å²) in [6.45, 7) is 0.782. The van der Waals surface area contributed by atoms with Crippen LogP contribution in [0.3, 0.4) is 0 Å². The SMILES string of the molecule is O=C1NC[C@H]2C[C@@H](c3ccc(Cl)cc3Cl)[C@@H](C3C=CC(Cl)=CC3)C[C@@H]12. The molecular formula is C20H20Cl3NO. The van der Waals surface area contributed by atoms with Gasteiger partial charge in [0.2, 0.25) is 5.91 Å². The molecule has 5 atom stereocenters. The van der Waals surface area contributed by atoms with Crippen molar-refractivity contribution in [3.05, 3.63) is 57.1 Å². The maximum atomic E-state index is 12.2. The molecule has 1 heterocycles. The van der Waals surface area contributed by atoms with Gasteiger partial charge >= 0.3 is 0 Å². The van der Waals surface area contributed by atoms with Gasteiger partial charge in [0, 0.05) is 27.5 Å². The van der Waals surface area contributed by atoms with E-state index in [2.05, 4.69) is 23.5 Å². The zero-order valence-corrected chi connectivity index (χ0v) is 16.0. The Morgan fingerprint density at radius 1 is 1.08 bits per heavy atom.